The molecule has 0 saturated heterocycles. The van der Waals surface area contributed by atoms with Crippen LogP contribution in [0.25, 0.3) is 0 Å². The summed E-state index contributed by atoms with van der Waals surface area (Å²) in [5, 5.41) is 0. The Hall–Kier alpha value is -1.35. The van der Waals surface area contributed by atoms with Gasteiger partial charge in [-0.05, 0) is 31.7 Å². The molecule has 0 amide bonds. The molecule has 1 aromatic rings. The van der Waals surface area contributed by atoms with Gasteiger partial charge in [0.25, 0.3) is 0 Å². The van der Waals surface area contributed by atoms with Crippen molar-refractivity contribution in [3.63, 3.8) is 0 Å². The highest BCUT2D eigenvalue weighted by molar-refractivity contribution is 5.77. The van der Waals surface area contributed by atoms with Crippen LogP contribution in [0.1, 0.15) is 32.3 Å². The van der Waals surface area contributed by atoms with Crippen LogP contribution in [0.3, 0.4) is 0 Å². The molecular weight excluding hydrogens is 226 g/mol. The molecule has 2 N–H and O–H groups in total. The van der Waals surface area contributed by atoms with Crippen molar-refractivity contribution < 1.29 is 9.53 Å². The fourth-order valence-corrected chi connectivity index (χ4v) is 2.07. The smallest absolute Gasteiger partial charge is 0.313 e. The van der Waals surface area contributed by atoms with E-state index >= 15 is 0 Å². The van der Waals surface area contributed by atoms with Gasteiger partial charge in [-0.15, -0.1) is 0 Å². The van der Waals surface area contributed by atoms with Gasteiger partial charge in [0.15, 0.2) is 0 Å². The fourth-order valence-electron chi connectivity index (χ4n) is 2.07. The second-order valence-electron chi connectivity index (χ2n) is 4.54. The van der Waals surface area contributed by atoms with Gasteiger partial charge in [0.2, 0.25) is 0 Å². The van der Waals surface area contributed by atoms with Crippen molar-refractivity contribution in [3.05, 3.63) is 35.9 Å². The Labute approximate surface area is 109 Å². The SMILES string of the molecule is CCOC(=O)C(CC)(CN)CCc1ccccc1. The van der Waals surface area contributed by atoms with Crippen LogP contribution in [0, 0.1) is 5.41 Å². The van der Waals surface area contributed by atoms with E-state index in [1.165, 1.54) is 5.56 Å². The average Bonchev–Trinajstić information content (AvgIpc) is 2.42. The second-order valence-corrected chi connectivity index (χ2v) is 4.54. The summed E-state index contributed by atoms with van der Waals surface area (Å²) in [5.41, 5.74) is 6.51. The van der Waals surface area contributed by atoms with E-state index in [0.717, 1.165) is 19.3 Å². The maximum absolute atomic E-state index is 12.0. The number of hydrogen-bond donors (Lipinski definition) is 1. The summed E-state index contributed by atoms with van der Waals surface area (Å²) in [7, 11) is 0. The molecule has 1 aromatic carbocycles. The zero-order valence-corrected chi connectivity index (χ0v) is 11.3. The standard InChI is InChI=1S/C15H23NO2/c1-3-15(12-16,14(17)18-4-2)11-10-13-8-6-5-7-9-13/h5-9H,3-4,10-12,16H2,1-2H3. The van der Waals surface area contributed by atoms with Gasteiger partial charge in [0, 0.05) is 6.54 Å². The number of esters is 1. The Balaban J connectivity index is 2.71. The van der Waals surface area contributed by atoms with Crippen molar-refractivity contribution in [1.82, 2.24) is 0 Å². The van der Waals surface area contributed by atoms with Crippen LogP contribution in [-0.4, -0.2) is 19.1 Å². The van der Waals surface area contributed by atoms with Crippen molar-refractivity contribution in [2.75, 3.05) is 13.2 Å². The lowest BCUT2D eigenvalue weighted by molar-refractivity contribution is -0.155. The van der Waals surface area contributed by atoms with Crippen molar-refractivity contribution in [1.29, 1.82) is 0 Å². The van der Waals surface area contributed by atoms with Crippen LogP contribution in [-0.2, 0) is 16.0 Å². The van der Waals surface area contributed by atoms with Crippen LogP contribution in [0.15, 0.2) is 30.3 Å². The number of rotatable bonds is 7. The number of nitrogens with two attached hydrogens (primary N) is 1. The molecule has 18 heavy (non-hydrogen) atoms. The normalized spacial score (nSPS) is 13.9. The molecule has 0 bridgehead atoms. The van der Waals surface area contributed by atoms with Crippen LogP contribution >= 0.6 is 0 Å². The molecule has 0 fully saturated rings. The van der Waals surface area contributed by atoms with E-state index in [4.69, 9.17) is 10.5 Å². The molecule has 0 aliphatic rings. The van der Waals surface area contributed by atoms with Crippen LogP contribution in [0.4, 0.5) is 0 Å². The number of ether oxygens (including phenoxy) is 1. The van der Waals surface area contributed by atoms with Crippen LogP contribution < -0.4 is 5.73 Å². The monoisotopic (exact) mass is 249 g/mol. The Morgan fingerprint density at radius 3 is 2.44 bits per heavy atom. The van der Waals surface area contributed by atoms with E-state index in [-0.39, 0.29) is 5.97 Å². The van der Waals surface area contributed by atoms with E-state index in [0.29, 0.717) is 13.2 Å². The number of hydrogen-bond acceptors (Lipinski definition) is 3. The molecule has 1 rings (SSSR count). The molecule has 0 heterocycles. The molecule has 0 spiro atoms. The minimum absolute atomic E-state index is 0.161. The lowest BCUT2D eigenvalue weighted by Gasteiger charge is -2.28. The molecule has 3 heteroatoms. The van der Waals surface area contributed by atoms with E-state index in [1.54, 1.807) is 0 Å². The van der Waals surface area contributed by atoms with Crippen molar-refractivity contribution in [3.8, 4) is 0 Å². The first-order valence-corrected chi connectivity index (χ1v) is 6.59. The van der Waals surface area contributed by atoms with Crippen molar-refractivity contribution >= 4 is 5.97 Å². The van der Waals surface area contributed by atoms with Gasteiger partial charge in [-0.3, -0.25) is 4.79 Å². The molecule has 1 atom stereocenters. The minimum atomic E-state index is -0.536. The third kappa shape index (κ3) is 3.57. The van der Waals surface area contributed by atoms with Gasteiger partial charge < -0.3 is 10.5 Å². The lowest BCUT2D eigenvalue weighted by atomic mass is 9.79. The van der Waals surface area contributed by atoms with E-state index in [9.17, 15) is 4.79 Å². The van der Waals surface area contributed by atoms with Gasteiger partial charge in [-0.25, -0.2) is 0 Å². The zero-order chi connectivity index (χ0) is 13.4. The Kier molecular flexibility index (Phi) is 5.86. The Morgan fingerprint density at radius 1 is 1.28 bits per heavy atom. The summed E-state index contributed by atoms with van der Waals surface area (Å²) >= 11 is 0. The molecule has 0 radical (unpaired) electrons. The van der Waals surface area contributed by atoms with E-state index in [1.807, 2.05) is 32.0 Å². The van der Waals surface area contributed by atoms with Crippen molar-refractivity contribution in [2.24, 2.45) is 11.1 Å². The van der Waals surface area contributed by atoms with Crippen molar-refractivity contribution in [2.45, 2.75) is 33.1 Å². The minimum Gasteiger partial charge on any atom is -0.466 e. The fraction of sp³-hybridized carbons (Fsp3) is 0.533. The molecule has 3 nitrogen and oxygen atoms in total. The lowest BCUT2D eigenvalue weighted by Crippen LogP contribution is -2.40. The van der Waals surface area contributed by atoms with E-state index in [2.05, 4.69) is 12.1 Å². The summed E-state index contributed by atoms with van der Waals surface area (Å²) in [6.07, 6.45) is 2.31. The third-order valence-electron chi connectivity index (χ3n) is 3.51. The number of carbonyl (C=O) groups is 1. The zero-order valence-electron chi connectivity index (χ0n) is 11.3. The van der Waals surface area contributed by atoms with Crippen LogP contribution in [0.5, 0.6) is 0 Å². The Bertz CT molecular complexity index is 358. The molecule has 1 unspecified atom stereocenters. The van der Waals surface area contributed by atoms with Gasteiger partial charge in [0.1, 0.15) is 0 Å². The number of benzene rings is 1. The van der Waals surface area contributed by atoms with E-state index < -0.39 is 5.41 Å². The Morgan fingerprint density at radius 2 is 1.94 bits per heavy atom. The molecule has 100 valence electrons. The maximum atomic E-state index is 12.0. The summed E-state index contributed by atoms with van der Waals surface area (Å²) in [4.78, 5) is 12.0. The number of aryl methyl sites for hydroxylation is 1. The highest BCUT2D eigenvalue weighted by Crippen LogP contribution is 2.29. The summed E-state index contributed by atoms with van der Waals surface area (Å²) < 4.78 is 5.16. The summed E-state index contributed by atoms with van der Waals surface area (Å²) in [6.45, 7) is 4.57. The van der Waals surface area contributed by atoms with Gasteiger partial charge in [-0.2, -0.15) is 0 Å². The third-order valence-corrected chi connectivity index (χ3v) is 3.51. The first-order valence-electron chi connectivity index (χ1n) is 6.59. The molecule has 0 aliphatic carbocycles. The predicted octanol–water partition coefficient (Wildman–Crippen LogP) is 2.54. The largest absolute Gasteiger partial charge is 0.466 e. The summed E-state index contributed by atoms with van der Waals surface area (Å²) in [5.74, 6) is -0.161. The highest BCUT2D eigenvalue weighted by atomic mass is 16.5. The first kappa shape index (κ1) is 14.7. The molecular formula is C15H23NO2. The highest BCUT2D eigenvalue weighted by Gasteiger charge is 2.36. The number of carbonyl (C=O) groups excluding carboxylic acids is 1. The van der Waals surface area contributed by atoms with Gasteiger partial charge in [-0.1, -0.05) is 37.3 Å². The van der Waals surface area contributed by atoms with Gasteiger partial charge >= 0.3 is 5.97 Å². The maximum Gasteiger partial charge on any atom is 0.313 e. The van der Waals surface area contributed by atoms with Gasteiger partial charge in [0.05, 0.1) is 12.0 Å². The quantitative estimate of drug-likeness (QED) is 0.755. The molecule has 0 aromatic heterocycles. The van der Waals surface area contributed by atoms with Crippen LogP contribution in [0.2, 0.25) is 0 Å². The molecule has 0 aliphatic heterocycles. The second kappa shape index (κ2) is 7.17. The summed E-state index contributed by atoms with van der Waals surface area (Å²) in [6, 6.07) is 10.2. The predicted molar refractivity (Wildman–Crippen MR) is 73.2 cm³/mol. The first-order chi connectivity index (χ1) is 8.68. The topological polar surface area (TPSA) is 52.3 Å². The molecule has 0 saturated carbocycles. The average molecular weight is 249 g/mol.